The summed E-state index contributed by atoms with van der Waals surface area (Å²) in [5.41, 5.74) is 2.11. The molecule has 0 unspecified atom stereocenters. The highest BCUT2D eigenvalue weighted by Crippen LogP contribution is 2.45. The fourth-order valence-electron chi connectivity index (χ4n) is 5.26. The van der Waals surface area contributed by atoms with E-state index in [-0.39, 0.29) is 19.1 Å². The summed E-state index contributed by atoms with van der Waals surface area (Å²) in [5, 5.41) is 31.9. The van der Waals surface area contributed by atoms with Crippen LogP contribution in [0.15, 0.2) is 91.1 Å². The molecule has 2 heterocycles. The SMILES string of the molecule is COc1ccc(C(=O)Nc2cccc(CN3C(=O)[C@@](O)([C@@H](C)/C=C/CCn4cc(CCO)nn4)c4ccccc43)c2)cc1. The molecule has 2 atom stereocenters. The van der Waals surface area contributed by atoms with Crippen LogP contribution in [0.3, 0.4) is 0 Å². The predicted molar refractivity (Wildman–Crippen MR) is 163 cm³/mol. The minimum absolute atomic E-state index is 0.0216. The highest BCUT2D eigenvalue weighted by molar-refractivity contribution is 6.07. The van der Waals surface area contributed by atoms with Crippen LogP contribution in [0.4, 0.5) is 11.4 Å². The van der Waals surface area contributed by atoms with E-state index in [1.165, 1.54) is 0 Å². The Bertz CT molecular complexity index is 1620. The minimum Gasteiger partial charge on any atom is -0.497 e. The molecule has 0 saturated heterocycles. The number of carbonyl (C=O) groups excluding carboxylic acids is 2. The van der Waals surface area contributed by atoms with Crippen molar-refractivity contribution in [2.75, 3.05) is 23.9 Å². The van der Waals surface area contributed by atoms with E-state index in [0.29, 0.717) is 47.6 Å². The molecule has 1 aromatic heterocycles. The van der Waals surface area contributed by atoms with Gasteiger partial charge in [-0.1, -0.05) is 54.6 Å². The van der Waals surface area contributed by atoms with E-state index in [2.05, 4.69) is 15.6 Å². The van der Waals surface area contributed by atoms with Gasteiger partial charge in [0.05, 0.1) is 25.0 Å². The Balaban J connectivity index is 1.28. The molecule has 1 aliphatic heterocycles. The molecule has 0 saturated carbocycles. The molecule has 10 heteroatoms. The van der Waals surface area contributed by atoms with Gasteiger partial charge in [0.15, 0.2) is 5.60 Å². The third-order valence-electron chi connectivity index (χ3n) is 7.62. The van der Waals surface area contributed by atoms with Gasteiger partial charge in [-0.15, -0.1) is 5.10 Å². The number of aliphatic hydroxyl groups is 2. The lowest BCUT2D eigenvalue weighted by Gasteiger charge is -2.27. The zero-order chi connectivity index (χ0) is 30.4. The number of amides is 2. The van der Waals surface area contributed by atoms with Gasteiger partial charge < -0.3 is 25.2 Å². The topological polar surface area (TPSA) is 130 Å². The molecule has 0 bridgehead atoms. The van der Waals surface area contributed by atoms with Crippen LogP contribution in [-0.4, -0.2) is 50.7 Å². The van der Waals surface area contributed by atoms with Gasteiger partial charge in [0, 0.05) is 48.5 Å². The predicted octanol–water partition coefficient (Wildman–Crippen LogP) is 4.09. The highest BCUT2D eigenvalue weighted by Gasteiger charge is 2.52. The summed E-state index contributed by atoms with van der Waals surface area (Å²) in [6, 6.07) is 21.5. The Morgan fingerprint density at radius 3 is 2.67 bits per heavy atom. The number of aliphatic hydroxyl groups excluding tert-OH is 1. The number of hydrogen-bond acceptors (Lipinski definition) is 7. The fraction of sp³-hybridized carbons (Fsp3) is 0.273. The van der Waals surface area contributed by atoms with Crippen molar-refractivity contribution in [3.05, 3.63) is 114 Å². The Labute approximate surface area is 250 Å². The van der Waals surface area contributed by atoms with E-state index in [1.54, 1.807) is 59.3 Å². The summed E-state index contributed by atoms with van der Waals surface area (Å²) in [7, 11) is 1.57. The second-order valence-electron chi connectivity index (χ2n) is 10.5. The number of hydrogen-bond donors (Lipinski definition) is 3. The van der Waals surface area contributed by atoms with E-state index < -0.39 is 17.4 Å². The van der Waals surface area contributed by atoms with Crippen molar-refractivity contribution >= 4 is 23.2 Å². The number of nitrogens with zero attached hydrogens (tertiary/aromatic N) is 4. The second-order valence-corrected chi connectivity index (χ2v) is 10.5. The number of methoxy groups -OCH3 is 1. The van der Waals surface area contributed by atoms with Crippen LogP contribution >= 0.6 is 0 Å². The summed E-state index contributed by atoms with van der Waals surface area (Å²) >= 11 is 0. The largest absolute Gasteiger partial charge is 0.497 e. The Morgan fingerprint density at radius 2 is 1.91 bits per heavy atom. The van der Waals surface area contributed by atoms with Crippen LogP contribution in [0.5, 0.6) is 5.75 Å². The monoisotopic (exact) mass is 581 g/mol. The summed E-state index contributed by atoms with van der Waals surface area (Å²) in [6.07, 6.45) is 6.69. The number of aromatic nitrogens is 3. The molecule has 0 fully saturated rings. The van der Waals surface area contributed by atoms with Crippen LogP contribution in [0, 0.1) is 5.92 Å². The molecular formula is C33H35N5O5. The van der Waals surface area contributed by atoms with Crippen LogP contribution in [0.2, 0.25) is 0 Å². The maximum absolute atomic E-state index is 13.9. The quantitative estimate of drug-likeness (QED) is 0.215. The van der Waals surface area contributed by atoms with Gasteiger partial charge in [0.1, 0.15) is 5.75 Å². The van der Waals surface area contributed by atoms with Crippen molar-refractivity contribution in [2.45, 2.75) is 38.5 Å². The molecule has 4 aromatic rings. The van der Waals surface area contributed by atoms with Gasteiger partial charge in [0.25, 0.3) is 11.8 Å². The van der Waals surface area contributed by atoms with Gasteiger partial charge in [0.2, 0.25) is 0 Å². The van der Waals surface area contributed by atoms with E-state index in [0.717, 1.165) is 11.3 Å². The molecular weight excluding hydrogens is 546 g/mol. The van der Waals surface area contributed by atoms with Crippen LogP contribution in [-0.2, 0) is 29.9 Å². The lowest BCUT2D eigenvalue weighted by atomic mass is 9.83. The number of benzene rings is 3. The minimum atomic E-state index is -1.73. The van der Waals surface area contributed by atoms with Crippen molar-refractivity contribution in [2.24, 2.45) is 5.92 Å². The van der Waals surface area contributed by atoms with Gasteiger partial charge in [-0.25, -0.2) is 0 Å². The van der Waals surface area contributed by atoms with Gasteiger partial charge in [-0.05, 0) is 54.4 Å². The number of rotatable bonds is 12. The molecule has 3 aromatic carbocycles. The molecule has 2 amide bonds. The Morgan fingerprint density at radius 1 is 1.12 bits per heavy atom. The lowest BCUT2D eigenvalue weighted by molar-refractivity contribution is -0.139. The number of anilines is 2. The van der Waals surface area contributed by atoms with E-state index >= 15 is 0 Å². The third kappa shape index (κ3) is 6.35. The number of aryl methyl sites for hydroxylation is 1. The van der Waals surface area contributed by atoms with E-state index in [4.69, 9.17) is 9.84 Å². The first-order valence-electron chi connectivity index (χ1n) is 14.2. The normalized spacial score (nSPS) is 16.8. The number of fused-ring (bicyclic) bond motifs is 1. The Kier molecular flexibility index (Phi) is 8.98. The maximum Gasteiger partial charge on any atom is 0.264 e. The van der Waals surface area contributed by atoms with E-state index in [1.807, 2.05) is 55.5 Å². The number of para-hydroxylation sites is 1. The first-order valence-corrected chi connectivity index (χ1v) is 14.2. The van der Waals surface area contributed by atoms with Crippen molar-refractivity contribution < 1.29 is 24.5 Å². The molecule has 5 rings (SSSR count). The zero-order valence-corrected chi connectivity index (χ0v) is 24.2. The van der Waals surface area contributed by atoms with Crippen LogP contribution in [0.25, 0.3) is 0 Å². The average molecular weight is 582 g/mol. The number of nitrogens with one attached hydrogen (secondary N) is 1. The lowest BCUT2D eigenvalue weighted by Crippen LogP contribution is -2.44. The van der Waals surface area contributed by atoms with Gasteiger partial charge in [-0.2, -0.15) is 0 Å². The van der Waals surface area contributed by atoms with Crippen molar-refractivity contribution in [3.63, 3.8) is 0 Å². The summed E-state index contributed by atoms with van der Waals surface area (Å²) in [5.74, 6) is -0.490. The number of allylic oxidation sites excluding steroid dienone is 1. The third-order valence-corrected chi connectivity index (χ3v) is 7.62. The van der Waals surface area contributed by atoms with Crippen LogP contribution in [0.1, 0.15) is 40.5 Å². The van der Waals surface area contributed by atoms with Gasteiger partial charge in [-0.3, -0.25) is 14.3 Å². The maximum atomic E-state index is 13.9. The van der Waals surface area contributed by atoms with E-state index in [9.17, 15) is 14.7 Å². The molecule has 43 heavy (non-hydrogen) atoms. The fourth-order valence-corrected chi connectivity index (χ4v) is 5.26. The molecule has 1 aliphatic rings. The number of ether oxygens (including phenoxy) is 1. The smallest absolute Gasteiger partial charge is 0.264 e. The molecule has 0 aliphatic carbocycles. The first-order chi connectivity index (χ1) is 20.8. The average Bonchev–Trinajstić information content (AvgIpc) is 3.56. The van der Waals surface area contributed by atoms with Crippen molar-refractivity contribution in [3.8, 4) is 5.75 Å². The summed E-state index contributed by atoms with van der Waals surface area (Å²) in [4.78, 5) is 28.3. The summed E-state index contributed by atoms with van der Waals surface area (Å²) < 4.78 is 6.87. The van der Waals surface area contributed by atoms with Crippen molar-refractivity contribution in [1.29, 1.82) is 0 Å². The van der Waals surface area contributed by atoms with Crippen molar-refractivity contribution in [1.82, 2.24) is 15.0 Å². The van der Waals surface area contributed by atoms with Crippen LogP contribution < -0.4 is 15.0 Å². The number of carbonyl (C=O) groups is 2. The molecule has 3 N–H and O–H groups in total. The first kappa shape index (κ1) is 29.7. The molecule has 10 nitrogen and oxygen atoms in total. The Hall–Kier alpha value is -4.80. The molecule has 222 valence electrons. The summed E-state index contributed by atoms with van der Waals surface area (Å²) in [6.45, 7) is 2.66. The highest BCUT2D eigenvalue weighted by atomic mass is 16.5. The standard InChI is InChI=1S/C33H35N5O5/c1-23(8-5-6-18-37-22-27(17-19-39)35-36-37)33(42)29-11-3-4-12-30(29)38(32(33)41)21-24-9-7-10-26(20-24)34-31(40)25-13-15-28(43-2)16-14-25/h3-5,7-16,20,22-23,39,42H,6,17-19,21H2,1-2H3,(H,34,40)/b8-5+/t23-,33+/m0/s1. The zero-order valence-electron chi connectivity index (χ0n) is 24.2. The molecule has 0 radical (unpaired) electrons. The second kappa shape index (κ2) is 13.0. The van der Waals surface area contributed by atoms with Gasteiger partial charge >= 0.3 is 0 Å². The molecule has 0 spiro atoms.